The van der Waals surface area contributed by atoms with Crippen LogP contribution < -0.4 is 0 Å². The molecule has 3 rings (SSSR count). The highest BCUT2D eigenvalue weighted by Crippen LogP contribution is 2.29. The molecular weight excluding hydrogens is 580 g/mol. The topological polar surface area (TPSA) is 66.8 Å². The number of phenolic OH excluding ortho intramolecular Hbond substituents is 2. The standard InChI is InChI=1S/C29H50O3.C14H14O/c1-4-5-6-7-8-9-10-11-12-13-14-15-16-17-18-19-22-32-28(30)21-20-27-23-25(2)29(31)26(3)24-27;1-10-8-13(9-11(2)14(10)15)12-6-4-3-5-7-12/h23-24,31H,4-22H2,1-3H3;3-9,15H,1-2H3. The first-order chi connectivity index (χ1) is 22.7. The Balaban J connectivity index is 0.000000421. The van der Waals surface area contributed by atoms with Gasteiger partial charge in [0.1, 0.15) is 11.5 Å². The van der Waals surface area contributed by atoms with Crippen LogP contribution in [0.3, 0.4) is 0 Å². The molecule has 0 saturated heterocycles. The lowest BCUT2D eigenvalue weighted by atomic mass is 10.00. The van der Waals surface area contributed by atoms with Crippen LogP contribution in [0.4, 0.5) is 0 Å². The number of aryl methyl sites for hydroxylation is 5. The minimum Gasteiger partial charge on any atom is -0.507 e. The average Bonchev–Trinajstić information content (AvgIpc) is 3.07. The predicted octanol–water partition coefficient (Wildman–Crippen LogP) is 12.4. The summed E-state index contributed by atoms with van der Waals surface area (Å²) in [7, 11) is 0. The number of hydrogen-bond donors (Lipinski definition) is 2. The highest BCUT2D eigenvalue weighted by Gasteiger charge is 2.08. The first-order valence-electron chi connectivity index (χ1n) is 18.5. The van der Waals surface area contributed by atoms with Crippen LogP contribution in [0.25, 0.3) is 11.1 Å². The highest BCUT2D eigenvalue weighted by atomic mass is 16.5. The summed E-state index contributed by atoms with van der Waals surface area (Å²) in [6.07, 6.45) is 22.6. The lowest BCUT2D eigenvalue weighted by molar-refractivity contribution is -0.143. The minimum atomic E-state index is -0.116. The van der Waals surface area contributed by atoms with E-state index >= 15 is 0 Å². The summed E-state index contributed by atoms with van der Waals surface area (Å²) in [5, 5.41) is 19.5. The van der Waals surface area contributed by atoms with Crippen LogP contribution in [-0.2, 0) is 16.0 Å². The first-order valence-corrected chi connectivity index (χ1v) is 18.5. The molecule has 0 saturated carbocycles. The second kappa shape index (κ2) is 24.0. The molecule has 0 aliphatic heterocycles. The number of ether oxygens (including phenoxy) is 1. The third-order valence-corrected chi connectivity index (χ3v) is 9.03. The second-order valence-electron chi connectivity index (χ2n) is 13.4. The summed E-state index contributed by atoms with van der Waals surface area (Å²) >= 11 is 0. The van der Waals surface area contributed by atoms with Crippen LogP contribution in [0.2, 0.25) is 0 Å². The van der Waals surface area contributed by atoms with Gasteiger partial charge >= 0.3 is 5.97 Å². The maximum Gasteiger partial charge on any atom is 0.306 e. The van der Waals surface area contributed by atoms with E-state index in [-0.39, 0.29) is 5.97 Å². The van der Waals surface area contributed by atoms with Gasteiger partial charge in [0.15, 0.2) is 0 Å². The Morgan fingerprint density at radius 1 is 0.553 bits per heavy atom. The lowest BCUT2D eigenvalue weighted by Crippen LogP contribution is -2.07. The second-order valence-corrected chi connectivity index (χ2v) is 13.4. The van der Waals surface area contributed by atoms with E-state index in [1.807, 2.05) is 70.2 Å². The maximum absolute atomic E-state index is 11.9. The quantitative estimate of drug-likeness (QED) is 0.0894. The molecule has 47 heavy (non-hydrogen) atoms. The molecule has 4 heteroatoms. The Morgan fingerprint density at radius 2 is 0.957 bits per heavy atom. The predicted molar refractivity (Wildman–Crippen MR) is 199 cm³/mol. The van der Waals surface area contributed by atoms with Crippen LogP contribution in [0.15, 0.2) is 54.6 Å². The molecule has 2 N–H and O–H groups in total. The van der Waals surface area contributed by atoms with Crippen LogP contribution >= 0.6 is 0 Å². The zero-order valence-corrected chi connectivity index (χ0v) is 30.3. The van der Waals surface area contributed by atoms with Gasteiger partial charge in [-0.25, -0.2) is 0 Å². The number of hydrogen-bond acceptors (Lipinski definition) is 4. The van der Waals surface area contributed by atoms with Gasteiger partial charge in [0.25, 0.3) is 0 Å². The number of carbonyl (C=O) groups excluding carboxylic acids is 1. The molecule has 0 aliphatic carbocycles. The van der Waals surface area contributed by atoms with Crippen molar-refractivity contribution in [3.63, 3.8) is 0 Å². The third-order valence-electron chi connectivity index (χ3n) is 9.03. The summed E-state index contributed by atoms with van der Waals surface area (Å²) in [6, 6.07) is 18.1. The SMILES string of the molecule is CCCCCCCCCCCCCCCCCCOC(=O)CCc1cc(C)c(O)c(C)c1.Cc1cc(-c2ccccc2)cc(C)c1O. The van der Waals surface area contributed by atoms with E-state index in [0.717, 1.165) is 46.2 Å². The molecule has 3 aromatic carbocycles. The molecule has 3 aromatic rings. The molecule has 4 nitrogen and oxygen atoms in total. The van der Waals surface area contributed by atoms with Crippen molar-refractivity contribution in [2.45, 2.75) is 150 Å². The van der Waals surface area contributed by atoms with Gasteiger partial charge in [-0.15, -0.1) is 0 Å². The number of benzene rings is 3. The molecule has 0 fully saturated rings. The van der Waals surface area contributed by atoms with E-state index < -0.39 is 0 Å². The molecule has 0 radical (unpaired) electrons. The average molecular weight is 645 g/mol. The molecule has 0 spiro atoms. The molecule has 0 bridgehead atoms. The number of carbonyl (C=O) groups is 1. The van der Waals surface area contributed by atoms with Crippen LogP contribution in [0, 0.1) is 27.7 Å². The number of rotatable bonds is 21. The number of esters is 1. The van der Waals surface area contributed by atoms with Crippen molar-refractivity contribution in [1.29, 1.82) is 0 Å². The van der Waals surface area contributed by atoms with Gasteiger partial charge < -0.3 is 14.9 Å². The minimum absolute atomic E-state index is 0.116. The zero-order chi connectivity index (χ0) is 34.3. The van der Waals surface area contributed by atoms with Gasteiger partial charge in [-0.1, -0.05) is 146 Å². The molecule has 0 aromatic heterocycles. The fourth-order valence-electron chi connectivity index (χ4n) is 6.10. The fourth-order valence-corrected chi connectivity index (χ4v) is 6.10. The summed E-state index contributed by atoms with van der Waals surface area (Å²) in [6.45, 7) is 10.5. The number of aromatic hydroxyl groups is 2. The zero-order valence-electron chi connectivity index (χ0n) is 30.3. The van der Waals surface area contributed by atoms with Gasteiger partial charge in [-0.05, 0) is 91.6 Å². The van der Waals surface area contributed by atoms with Gasteiger partial charge in [0.2, 0.25) is 0 Å². The molecule has 0 heterocycles. The fraction of sp³-hybridized carbons (Fsp3) is 0.558. The molecule has 0 atom stereocenters. The molecule has 0 aliphatic rings. The van der Waals surface area contributed by atoms with Crippen molar-refractivity contribution in [1.82, 2.24) is 0 Å². The van der Waals surface area contributed by atoms with Gasteiger partial charge in [0, 0.05) is 6.42 Å². The van der Waals surface area contributed by atoms with E-state index in [1.165, 1.54) is 95.5 Å². The number of phenols is 2. The molecule has 0 amide bonds. The lowest BCUT2D eigenvalue weighted by Gasteiger charge is -2.08. The van der Waals surface area contributed by atoms with E-state index in [2.05, 4.69) is 19.1 Å². The summed E-state index contributed by atoms with van der Waals surface area (Å²) in [4.78, 5) is 11.9. The van der Waals surface area contributed by atoms with Crippen LogP contribution in [-0.4, -0.2) is 22.8 Å². The Hall–Kier alpha value is -3.27. The van der Waals surface area contributed by atoms with Crippen molar-refractivity contribution in [3.8, 4) is 22.6 Å². The molecular formula is C43H64O4. The van der Waals surface area contributed by atoms with E-state index in [0.29, 0.717) is 30.9 Å². The van der Waals surface area contributed by atoms with Gasteiger partial charge in [-0.2, -0.15) is 0 Å². The summed E-state index contributed by atoms with van der Waals surface area (Å²) in [5.74, 6) is 0.629. The largest absolute Gasteiger partial charge is 0.507 e. The van der Waals surface area contributed by atoms with E-state index in [1.54, 1.807) is 0 Å². The number of unbranched alkanes of at least 4 members (excludes halogenated alkanes) is 15. The van der Waals surface area contributed by atoms with Crippen LogP contribution in [0.5, 0.6) is 11.5 Å². The Kier molecular flexibility index (Phi) is 20.3. The Morgan fingerprint density at radius 3 is 1.40 bits per heavy atom. The normalized spacial score (nSPS) is 10.8. The summed E-state index contributed by atoms with van der Waals surface area (Å²) in [5.41, 5.74) is 7.00. The van der Waals surface area contributed by atoms with Gasteiger partial charge in [0.05, 0.1) is 6.61 Å². The van der Waals surface area contributed by atoms with E-state index in [4.69, 9.17) is 4.74 Å². The van der Waals surface area contributed by atoms with Crippen molar-refractivity contribution < 1.29 is 19.7 Å². The Labute approximate surface area is 287 Å². The van der Waals surface area contributed by atoms with Crippen molar-refractivity contribution in [3.05, 3.63) is 82.4 Å². The molecule has 260 valence electrons. The Bertz CT molecular complexity index is 1230. The van der Waals surface area contributed by atoms with E-state index in [9.17, 15) is 15.0 Å². The monoisotopic (exact) mass is 644 g/mol. The van der Waals surface area contributed by atoms with Crippen molar-refractivity contribution in [2.75, 3.05) is 6.61 Å². The first kappa shape index (κ1) is 39.9. The smallest absolute Gasteiger partial charge is 0.306 e. The highest BCUT2D eigenvalue weighted by molar-refractivity contribution is 5.69. The van der Waals surface area contributed by atoms with Gasteiger partial charge in [-0.3, -0.25) is 4.79 Å². The third kappa shape index (κ3) is 16.9. The van der Waals surface area contributed by atoms with Crippen molar-refractivity contribution >= 4 is 5.97 Å². The van der Waals surface area contributed by atoms with Crippen molar-refractivity contribution in [2.24, 2.45) is 0 Å². The molecule has 0 unspecified atom stereocenters. The summed E-state index contributed by atoms with van der Waals surface area (Å²) < 4.78 is 5.38. The van der Waals surface area contributed by atoms with Crippen LogP contribution in [0.1, 0.15) is 144 Å². The maximum atomic E-state index is 11.9.